The average Bonchev–Trinajstić information content (AvgIpc) is 2.67. The van der Waals surface area contributed by atoms with E-state index in [1.54, 1.807) is 13.8 Å². The maximum Gasteiger partial charge on any atom is 0.408 e. The Balaban J connectivity index is 2.97. The zero-order chi connectivity index (χ0) is 17.9. The smallest absolute Gasteiger partial charge is 0.408 e. The van der Waals surface area contributed by atoms with Crippen LogP contribution in [0.3, 0.4) is 0 Å². The molecule has 6 nitrogen and oxygen atoms in total. The topological polar surface area (TPSA) is 75.4 Å². The van der Waals surface area contributed by atoms with Gasteiger partial charge >= 0.3 is 12.1 Å². The highest BCUT2D eigenvalue weighted by Gasteiger charge is 2.32. The van der Waals surface area contributed by atoms with E-state index in [0.717, 1.165) is 4.68 Å². The third-order valence-corrected chi connectivity index (χ3v) is 3.61. The van der Waals surface area contributed by atoms with E-state index in [9.17, 15) is 22.8 Å². The number of carboxylic acids is 1. The number of amides is 1. The minimum atomic E-state index is -4.40. The van der Waals surface area contributed by atoms with Crippen LogP contribution in [0.1, 0.15) is 36.2 Å². The Bertz CT molecular complexity index is 596. The number of carbonyl (C=O) groups is 2. The van der Waals surface area contributed by atoms with Gasteiger partial charge in [-0.25, -0.2) is 0 Å². The van der Waals surface area contributed by atoms with Crippen LogP contribution in [0, 0.1) is 13.8 Å². The lowest BCUT2D eigenvalue weighted by Gasteiger charge is -2.21. The molecule has 9 heteroatoms. The Morgan fingerprint density at radius 2 is 1.91 bits per heavy atom. The van der Waals surface area contributed by atoms with Crippen LogP contribution in [0.5, 0.6) is 0 Å². The third-order valence-electron chi connectivity index (χ3n) is 3.61. The molecule has 1 amide bonds. The Morgan fingerprint density at radius 3 is 2.39 bits per heavy atom. The molecule has 0 aliphatic heterocycles. The summed E-state index contributed by atoms with van der Waals surface area (Å²) in [5.41, 5.74) is 1.09. The molecule has 1 heterocycles. The number of hydrogen-bond donors (Lipinski definition) is 1. The molecular weight excluding hydrogens is 315 g/mol. The number of aromatic nitrogens is 2. The van der Waals surface area contributed by atoms with Crippen LogP contribution in [-0.2, 0) is 16.1 Å². The van der Waals surface area contributed by atoms with Gasteiger partial charge in [0.1, 0.15) is 6.54 Å². The predicted octanol–water partition coefficient (Wildman–Crippen LogP) is 2.10. The van der Waals surface area contributed by atoms with Crippen LogP contribution in [0.15, 0.2) is 0 Å². The van der Waals surface area contributed by atoms with Crippen molar-refractivity contribution >= 4 is 11.9 Å². The first-order chi connectivity index (χ1) is 10.4. The maximum atomic E-state index is 12.5. The summed E-state index contributed by atoms with van der Waals surface area (Å²) in [5.74, 6) is -2.08. The van der Waals surface area contributed by atoms with Crippen molar-refractivity contribution in [2.24, 2.45) is 0 Å². The fourth-order valence-corrected chi connectivity index (χ4v) is 2.49. The number of aliphatic carboxylic acids is 1. The summed E-state index contributed by atoms with van der Waals surface area (Å²) in [6.07, 6.45) is -4.59. The van der Waals surface area contributed by atoms with Gasteiger partial charge in [0.25, 0.3) is 0 Å². The lowest BCUT2D eigenvalue weighted by atomic mass is 9.97. The van der Waals surface area contributed by atoms with Gasteiger partial charge in [-0.3, -0.25) is 14.3 Å². The van der Waals surface area contributed by atoms with Crippen LogP contribution in [0.25, 0.3) is 0 Å². The summed E-state index contributed by atoms with van der Waals surface area (Å²) in [4.78, 5) is 24.1. The minimum Gasteiger partial charge on any atom is -0.481 e. The Hall–Kier alpha value is -2.06. The summed E-state index contributed by atoms with van der Waals surface area (Å²) >= 11 is 0. The van der Waals surface area contributed by atoms with Gasteiger partial charge in [-0.2, -0.15) is 18.3 Å². The highest BCUT2D eigenvalue weighted by atomic mass is 19.4. The molecule has 1 aromatic heterocycles. The molecule has 1 atom stereocenters. The van der Waals surface area contributed by atoms with Crippen LogP contribution >= 0.6 is 0 Å². The molecule has 0 saturated heterocycles. The fourth-order valence-electron chi connectivity index (χ4n) is 2.49. The van der Waals surface area contributed by atoms with E-state index < -0.39 is 24.6 Å². The first-order valence-electron chi connectivity index (χ1n) is 7.01. The average molecular weight is 335 g/mol. The molecule has 1 N–H and O–H groups in total. The summed E-state index contributed by atoms with van der Waals surface area (Å²) in [6.45, 7) is 3.44. The van der Waals surface area contributed by atoms with Crippen LogP contribution in [0.2, 0.25) is 0 Å². The van der Waals surface area contributed by atoms with Gasteiger partial charge in [0, 0.05) is 24.8 Å². The molecule has 1 aromatic rings. The number of carbonyl (C=O) groups excluding carboxylic acids is 1. The fraction of sp³-hybridized carbons (Fsp3) is 0.643. The number of aryl methyl sites for hydroxylation is 1. The van der Waals surface area contributed by atoms with Crippen molar-refractivity contribution in [3.8, 4) is 0 Å². The van der Waals surface area contributed by atoms with Crippen molar-refractivity contribution in [2.75, 3.05) is 13.6 Å². The van der Waals surface area contributed by atoms with Crippen LogP contribution in [0.4, 0.5) is 13.2 Å². The number of hydrogen-bond acceptors (Lipinski definition) is 3. The van der Waals surface area contributed by atoms with E-state index in [-0.39, 0.29) is 24.6 Å². The zero-order valence-corrected chi connectivity index (χ0v) is 13.4. The number of carboxylic acid groups (broad SMARTS) is 1. The molecule has 0 fully saturated rings. The third kappa shape index (κ3) is 4.97. The molecular formula is C14H20F3N3O3. The molecule has 23 heavy (non-hydrogen) atoms. The number of likely N-dealkylation sites (N-methyl/N-ethyl adjacent to an activating group) is 1. The molecule has 1 rings (SSSR count). The van der Waals surface area contributed by atoms with Crippen molar-refractivity contribution < 1.29 is 27.9 Å². The van der Waals surface area contributed by atoms with Crippen molar-refractivity contribution in [2.45, 2.75) is 45.8 Å². The highest BCUT2D eigenvalue weighted by molar-refractivity contribution is 5.84. The molecule has 0 aliphatic carbocycles. The van der Waals surface area contributed by atoms with Crippen LogP contribution in [-0.4, -0.2) is 51.4 Å². The van der Waals surface area contributed by atoms with Crippen molar-refractivity contribution in [1.82, 2.24) is 14.7 Å². The van der Waals surface area contributed by atoms with Crippen molar-refractivity contribution in [3.63, 3.8) is 0 Å². The maximum absolute atomic E-state index is 12.5. The summed E-state index contributed by atoms with van der Waals surface area (Å²) < 4.78 is 38.4. The molecule has 130 valence electrons. The van der Waals surface area contributed by atoms with Crippen molar-refractivity contribution in [1.29, 1.82) is 0 Å². The van der Waals surface area contributed by atoms with E-state index in [0.29, 0.717) is 11.3 Å². The van der Waals surface area contributed by atoms with Gasteiger partial charge in [0.2, 0.25) is 5.91 Å². The number of alkyl halides is 3. The van der Waals surface area contributed by atoms with Gasteiger partial charge in [0.15, 0.2) is 0 Å². The quantitative estimate of drug-likeness (QED) is 0.864. The van der Waals surface area contributed by atoms with E-state index >= 15 is 0 Å². The van der Waals surface area contributed by atoms with E-state index in [2.05, 4.69) is 5.10 Å². The second-order valence-electron chi connectivity index (χ2n) is 5.48. The summed E-state index contributed by atoms with van der Waals surface area (Å²) in [5, 5.41) is 12.5. The molecule has 0 aliphatic rings. The molecule has 0 aromatic carbocycles. The Morgan fingerprint density at radius 1 is 1.35 bits per heavy atom. The van der Waals surface area contributed by atoms with Gasteiger partial charge in [-0.1, -0.05) is 0 Å². The Labute approximate surface area is 131 Å². The van der Waals surface area contributed by atoms with E-state index in [1.165, 1.54) is 18.9 Å². The lowest BCUT2D eigenvalue weighted by Crippen LogP contribution is -2.32. The molecule has 0 radical (unpaired) electrons. The molecule has 0 bridgehead atoms. The van der Waals surface area contributed by atoms with E-state index in [1.807, 2.05) is 0 Å². The Kier molecular flexibility index (Phi) is 5.79. The SMILES string of the molecule is Cc1nn(CC(F)(F)F)c(C)c1C(C)C(=O)N(C)CCC(=O)O. The zero-order valence-electron chi connectivity index (χ0n) is 13.4. The highest BCUT2D eigenvalue weighted by Crippen LogP contribution is 2.27. The second kappa shape index (κ2) is 7.01. The van der Waals surface area contributed by atoms with Gasteiger partial charge < -0.3 is 10.0 Å². The lowest BCUT2D eigenvalue weighted by molar-refractivity contribution is -0.143. The normalized spacial score (nSPS) is 13.0. The van der Waals surface area contributed by atoms with E-state index in [4.69, 9.17) is 5.11 Å². The number of rotatable bonds is 6. The monoisotopic (exact) mass is 335 g/mol. The summed E-state index contributed by atoms with van der Waals surface area (Å²) in [7, 11) is 1.46. The number of nitrogens with zero attached hydrogens (tertiary/aromatic N) is 3. The molecule has 0 saturated carbocycles. The van der Waals surface area contributed by atoms with Gasteiger partial charge in [0.05, 0.1) is 18.0 Å². The van der Waals surface area contributed by atoms with Gasteiger partial charge in [-0.05, 0) is 20.8 Å². The van der Waals surface area contributed by atoms with Gasteiger partial charge in [-0.15, -0.1) is 0 Å². The first-order valence-corrected chi connectivity index (χ1v) is 7.01. The first kappa shape index (κ1) is 19.0. The predicted molar refractivity (Wildman–Crippen MR) is 76.1 cm³/mol. The largest absolute Gasteiger partial charge is 0.481 e. The van der Waals surface area contributed by atoms with Crippen molar-refractivity contribution in [3.05, 3.63) is 17.0 Å². The standard InChI is InChI=1S/C14H20F3N3O3/c1-8(13(23)19(4)6-5-11(21)22)12-9(2)18-20(10(12)3)7-14(15,16)17/h8H,5-7H2,1-4H3,(H,21,22). The number of halogens is 3. The minimum absolute atomic E-state index is 0.0350. The molecule has 1 unspecified atom stereocenters. The van der Waals surface area contributed by atoms with Crippen LogP contribution < -0.4 is 0 Å². The summed E-state index contributed by atoms with van der Waals surface area (Å²) in [6, 6.07) is 0. The molecule has 0 spiro atoms. The second-order valence-corrected chi connectivity index (χ2v) is 5.48.